The molecule has 0 saturated heterocycles. The van der Waals surface area contributed by atoms with Crippen LogP contribution in [0.2, 0.25) is 0 Å². The topological polar surface area (TPSA) is 135 Å². The number of imidazole rings is 1. The molecular weight excluding hydrogens is 324 g/mol. The van der Waals surface area contributed by atoms with Crippen molar-refractivity contribution in [2.75, 3.05) is 6.61 Å². The van der Waals surface area contributed by atoms with Crippen LogP contribution in [0.25, 0.3) is 32.8 Å². The minimum atomic E-state index is -1.57. The van der Waals surface area contributed by atoms with Crippen LogP contribution in [0.4, 0.5) is 0 Å². The Morgan fingerprint density at radius 2 is 1.56 bits per heavy atom. The monoisotopic (exact) mass is 340 g/mol. The van der Waals surface area contributed by atoms with Gasteiger partial charge in [-0.2, -0.15) is 0 Å². The highest BCUT2D eigenvalue weighted by atomic mass is 16.4. The molecule has 3 heterocycles. The average Bonchev–Trinajstić information content (AvgIpc) is 3.12. The molecule has 0 aliphatic rings. The van der Waals surface area contributed by atoms with Crippen molar-refractivity contribution in [2.24, 2.45) is 0 Å². The smallest absolute Gasteiger partial charge is 0.140 e. The molecule has 4 aromatic rings. The molecule has 0 radical (unpaired) electrons. The highest BCUT2D eigenvalue weighted by Crippen LogP contribution is 2.32. The summed E-state index contributed by atoms with van der Waals surface area (Å²) in [6, 6.07) is 7.30. The number of aromatic amines is 1. The van der Waals surface area contributed by atoms with Crippen LogP contribution in [0.3, 0.4) is 0 Å². The number of hydrogen-bond donors (Lipinski definition) is 5. The maximum atomic E-state index is 10.3. The Labute approximate surface area is 141 Å². The SMILES string of the molecule is OC[C@H](O)[C@@H](O)[C@H](O)c1nc2c3cccnc3c3ncccc3c2[nH]1. The van der Waals surface area contributed by atoms with Gasteiger partial charge >= 0.3 is 0 Å². The zero-order chi connectivity index (χ0) is 17.6. The minimum absolute atomic E-state index is 0.0940. The van der Waals surface area contributed by atoms with Gasteiger partial charge in [0.2, 0.25) is 0 Å². The van der Waals surface area contributed by atoms with Crippen LogP contribution in [0.1, 0.15) is 11.9 Å². The number of aliphatic hydroxyl groups is 4. The molecule has 3 atom stereocenters. The van der Waals surface area contributed by atoms with Crippen molar-refractivity contribution >= 4 is 32.8 Å². The first-order valence-corrected chi connectivity index (χ1v) is 7.78. The summed E-state index contributed by atoms with van der Waals surface area (Å²) in [5.41, 5.74) is 2.63. The van der Waals surface area contributed by atoms with Crippen LogP contribution >= 0.6 is 0 Å². The van der Waals surface area contributed by atoms with E-state index in [1.54, 1.807) is 24.5 Å². The summed E-state index contributed by atoms with van der Waals surface area (Å²) < 4.78 is 0. The summed E-state index contributed by atoms with van der Waals surface area (Å²) in [6.07, 6.45) is -1.17. The summed E-state index contributed by atoms with van der Waals surface area (Å²) in [5, 5.41) is 40.3. The highest BCUT2D eigenvalue weighted by Gasteiger charge is 2.28. The minimum Gasteiger partial charge on any atom is -0.394 e. The van der Waals surface area contributed by atoms with E-state index in [2.05, 4.69) is 19.9 Å². The predicted octanol–water partition coefficient (Wildman–Crippen LogP) is 0.407. The molecule has 8 heteroatoms. The van der Waals surface area contributed by atoms with Gasteiger partial charge in [0.15, 0.2) is 0 Å². The number of benzene rings is 1. The largest absolute Gasteiger partial charge is 0.394 e. The molecule has 25 heavy (non-hydrogen) atoms. The molecule has 0 fully saturated rings. The summed E-state index contributed by atoms with van der Waals surface area (Å²) in [4.78, 5) is 16.2. The van der Waals surface area contributed by atoms with E-state index in [0.717, 1.165) is 10.8 Å². The van der Waals surface area contributed by atoms with Crippen molar-refractivity contribution in [3.63, 3.8) is 0 Å². The fraction of sp³-hybridized carbons (Fsp3) is 0.235. The third kappa shape index (κ3) is 2.43. The number of hydrogen-bond acceptors (Lipinski definition) is 7. The molecule has 5 N–H and O–H groups in total. The van der Waals surface area contributed by atoms with Crippen molar-refractivity contribution in [2.45, 2.75) is 18.3 Å². The fourth-order valence-corrected chi connectivity index (χ4v) is 2.98. The van der Waals surface area contributed by atoms with Gasteiger partial charge in [0.25, 0.3) is 0 Å². The lowest BCUT2D eigenvalue weighted by Gasteiger charge is -2.19. The highest BCUT2D eigenvalue weighted by molar-refractivity contribution is 6.20. The first-order chi connectivity index (χ1) is 12.1. The van der Waals surface area contributed by atoms with E-state index in [1.165, 1.54) is 0 Å². The molecule has 4 rings (SSSR count). The fourth-order valence-electron chi connectivity index (χ4n) is 2.98. The molecule has 0 saturated carbocycles. The molecular formula is C17H16N4O4. The van der Waals surface area contributed by atoms with Crippen LogP contribution in [0.15, 0.2) is 36.7 Å². The predicted molar refractivity (Wildman–Crippen MR) is 90.8 cm³/mol. The van der Waals surface area contributed by atoms with Crippen molar-refractivity contribution in [1.29, 1.82) is 0 Å². The van der Waals surface area contributed by atoms with Crippen molar-refractivity contribution in [1.82, 2.24) is 19.9 Å². The van der Waals surface area contributed by atoms with Gasteiger partial charge in [0, 0.05) is 23.2 Å². The molecule has 0 amide bonds. The van der Waals surface area contributed by atoms with Crippen LogP contribution in [0, 0.1) is 0 Å². The summed E-state index contributed by atoms with van der Waals surface area (Å²) in [6.45, 7) is -0.668. The Morgan fingerprint density at radius 3 is 2.24 bits per heavy atom. The van der Waals surface area contributed by atoms with Gasteiger partial charge in [-0.15, -0.1) is 0 Å². The molecule has 0 spiro atoms. The van der Waals surface area contributed by atoms with E-state index in [4.69, 9.17) is 5.11 Å². The standard InChI is InChI=1S/C17H16N4O4/c22-7-10(23)15(24)16(25)17-20-13-8-3-1-5-18-11(8)12-9(14(13)21-17)4-2-6-19-12/h1-6,10,15-16,22-25H,7H2,(H,20,21)/t10-,15+,16-/m0/s1. The second-order valence-corrected chi connectivity index (χ2v) is 5.83. The first-order valence-electron chi connectivity index (χ1n) is 7.78. The van der Waals surface area contributed by atoms with E-state index in [1.807, 2.05) is 12.1 Å². The first kappa shape index (κ1) is 15.9. The number of aromatic nitrogens is 4. The van der Waals surface area contributed by atoms with Gasteiger partial charge in [0.1, 0.15) is 24.1 Å². The van der Waals surface area contributed by atoms with Crippen LogP contribution < -0.4 is 0 Å². The van der Waals surface area contributed by atoms with Crippen molar-refractivity contribution in [3.05, 3.63) is 42.5 Å². The second kappa shape index (κ2) is 6.01. The molecule has 0 aliphatic carbocycles. The molecule has 8 nitrogen and oxygen atoms in total. The van der Waals surface area contributed by atoms with Gasteiger partial charge in [-0.05, 0) is 24.3 Å². The van der Waals surface area contributed by atoms with E-state index in [9.17, 15) is 15.3 Å². The third-order valence-electron chi connectivity index (χ3n) is 4.27. The molecule has 1 aromatic carbocycles. The van der Waals surface area contributed by atoms with Gasteiger partial charge in [-0.3, -0.25) is 9.97 Å². The molecule has 0 bridgehead atoms. The lowest BCUT2D eigenvalue weighted by atomic mass is 10.1. The number of fused-ring (bicyclic) bond motifs is 6. The number of H-pyrrole nitrogens is 1. The third-order valence-corrected chi connectivity index (χ3v) is 4.27. The Balaban J connectivity index is 1.99. The molecule has 0 unspecified atom stereocenters. The van der Waals surface area contributed by atoms with Crippen molar-refractivity contribution < 1.29 is 20.4 Å². The average molecular weight is 340 g/mol. The molecule has 0 aliphatic heterocycles. The zero-order valence-electron chi connectivity index (χ0n) is 13.0. The molecule has 3 aromatic heterocycles. The maximum absolute atomic E-state index is 10.3. The Morgan fingerprint density at radius 1 is 0.920 bits per heavy atom. The van der Waals surface area contributed by atoms with E-state index in [-0.39, 0.29) is 5.82 Å². The maximum Gasteiger partial charge on any atom is 0.140 e. The van der Waals surface area contributed by atoms with Crippen LogP contribution in [-0.4, -0.2) is 59.2 Å². The van der Waals surface area contributed by atoms with Crippen LogP contribution in [-0.2, 0) is 0 Å². The normalized spacial score (nSPS) is 15.7. The second-order valence-electron chi connectivity index (χ2n) is 5.83. The Kier molecular flexibility index (Phi) is 3.81. The number of rotatable bonds is 4. The van der Waals surface area contributed by atoms with Gasteiger partial charge in [-0.25, -0.2) is 4.98 Å². The number of nitrogens with zero attached hydrogens (tertiary/aromatic N) is 3. The van der Waals surface area contributed by atoms with E-state index in [0.29, 0.717) is 22.1 Å². The summed E-state index contributed by atoms with van der Waals surface area (Å²) >= 11 is 0. The lowest BCUT2D eigenvalue weighted by molar-refractivity contribution is -0.0800. The number of pyridine rings is 2. The Bertz CT molecular complexity index is 992. The number of aliphatic hydroxyl groups excluding tert-OH is 4. The summed E-state index contributed by atoms with van der Waals surface area (Å²) in [5.74, 6) is 0.0940. The Hall–Kier alpha value is -2.65. The van der Waals surface area contributed by atoms with Crippen LogP contribution in [0.5, 0.6) is 0 Å². The number of nitrogens with one attached hydrogen (secondary N) is 1. The quantitative estimate of drug-likeness (QED) is 0.339. The molecule has 128 valence electrons. The zero-order valence-corrected chi connectivity index (χ0v) is 13.0. The van der Waals surface area contributed by atoms with E-state index < -0.39 is 24.9 Å². The van der Waals surface area contributed by atoms with Gasteiger partial charge < -0.3 is 25.4 Å². The van der Waals surface area contributed by atoms with Gasteiger partial charge in [-0.1, -0.05) is 0 Å². The van der Waals surface area contributed by atoms with Gasteiger partial charge in [0.05, 0.1) is 28.7 Å². The van der Waals surface area contributed by atoms with Crippen molar-refractivity contribution in [3.8, 4) is 0 Å². The summed E-state index contributed by atoms with van der Waals surface area (Å²) in [7, 11) is 0. The van der Waals surface area contributed by atoms with E-state index >= 15 is 0 Å². The lowest BCUT2D eigenvalue weighted by Crippen LogP contribution is -2.35.